The van der Waals surface area contributed by atoms with Crippen molar-refractivity contribution in [2.75, 3.05) is 25.9 Å². The third kappa shape index (κ3) is 3.31. The van der Waals surface area contributed by atoms with Crippen molar-refractivity contribution in [1.82, 2.24) is 4.90 Å². The molecule has 1 heterocycles. The summed E-state index contributed by atoms with van der Waals surface area (Å²) in [5.41, 5.74) is 7.62. The van der Waals surface area contributed by atoms with Crippen molar-refractivity contribution in [3.8, 4) is 11.5 Å². The normalized spacial score (nSPS) is 18.9. The maximum absolute atomic E-state index is 6.17. The molecule has 3 rings (SSSR count). The number of nitrogens with two attached hydrogens (primary N) is 1. The van der Waals surface area contributed by atoms with Gasteiger partial charge >= 0.3 is 0 Å². The molecule has 0 amide bonds. The fourth-order valence-corrected chi connectivity index (χ4v) is 2.96. The summed E-state index contributed by atoms with van der Waals surface area (Å²) < 4.78 is 6.03. The van der Waals surface area contributed by atoms with E-state index in [-0.39, 0.29) is 0 Å². The van der Waals surface area contributed by atoms with Crippen LogP contribution in [-0.2, 0) is 0 Å². The summed E-state index contributed by atoms with van der Waals surface area (Å²) in [4.78, 5) is 2.33. The number of benzene rings is 2. The topological polar surface area (TPSA) is 38.5 Å². The molecule has 0 radical (unpaired) electrons. The predicted octanol–water partition coefficient (Wildman–Crippen LogP) is 4.13. The average molecular weight is 303 g/mol. The fourth-order valence-electron chi connectivity index (χ4n) is 2.78. The number of hydrogen-bond acceptors (Lipinski definition) is 3. The maximum Gasteiger partial charge on any atom is 0.131 e. The first-order valence-electron chi connectivity index (χ1n) is 7.13. The van der Waals surface area contributed by atoms with E-state index in [9.17, 15) is 0 Å². The highest BCUT2D eigenvalue weighted by Crippen LogP contribution is 2.37. The van der Waals surface area contributed by atoms with Crippen LogP contribution in [0.4, 0.5) is 5.69 Å². The third-order valence-electron chi connectivity index (χ3n) is 3.91. The molecule has 1 saturated heterocycles. The number of likely N-dealkylation sites (tertiary alicyclic amines) is 1. The SMILES string of the molecule is CN1CCC(c2cc(Cl)ccc2Oc2ccc(N)cc2)C1. The van der Waals surface area contributed by atoms with Crippen LogP contribution in [0.2, 0.25) is 5.02 Å². The highest BCUT2D eigenvalue weighted by atomic mass is 35.5. The highest BCUT2D eigenvalue weighted by Gasteiger charge is 2.24. The van der Waals surface area contributed by atoms with E-state index in [2.05, 4.69) is 11.9 Å². The van der Waals surface area contributed by atoms with Crippen molar-refractivity contribution in [3.05, 3.63) is 53.1 Å². The minimum absolute atomic E-state index is 0.470. The Morgan fingerprint density at radius 3 is 2.62 bits per heavy atom. The number of nitrogens with zero attached hydrogens (tertiary/aromatic N) is 1. The molecule has 1 unspecified atom stereocenters. The zero-order valence-corrected chi connectivity index (χ0v) is 12.8. The summed E-state index contributed by atoms with van der Waals surface area (Å²) in [6.07, 6.45) is 1.13. The van der Waals surface area contributed by atoms with Crippen molar-refractivity contribution in [1.29, 1.82) is 0 Å². The van der Waals surface area contributed by atoms with Gasteiger partial charge in [0.1, 0.15) is 11.5 Å². The summed E-state index contributed by atoms with van der Waals surface area (Å²) in [6, 6.07) is 13.3. The first-order valence-corrected chi connectivity index (χ1v) is 7.51. The Kier molecular flexibility index (Phi) is 4.04. The highest BCUT2D eigenvalue weighted by molar-refractivity contribution is 6.30. The zero-order valence-electron chi connectivity index (χ0n) is 12.1. The summed E-state index contributed by atoms with van der Waals surface area (Å²) >= 11 is 6.17. The van der Waals surface area contributed by atoms with Crippen LogP contribution in [0, 0.1) is 0 Å². The Labute approximate surface area is 130 Å². The van der Waals surface area contributed by atoms with Gasteiger partial charge in [0.05, 0.1) is 0 Å². The lowest BCUT2D eigenvalue weighted by Gasteiger charge is -2.17. The Hall–Kier alpha value is -1.71. The monoisotopic (exact) mass is 302 g/mol. The first kappa shape index (κ1) is 14.2. The van der Waals surface area contributed by atoms with Gasteiger partial charge in [-0.1, -0.05) is 11.6 Å². The summed E-state index contributed by atoms with van der Waals surface area (Å²) in [5.74, 6) is 2.14. The standard InChI is InChI=1S/C17H19ClN2O/c1-20-9-8-12(11-20)16-10-13(18)2-7-17(16)21-15-5-3-14(19)4-6-15/h2-7,10,12H,8-9,11,19H2,1H3. The molecule has 0 spiro atoms. The van der Waals surface area contributed by atoms with E-state index >= 15 is 0 Å². The number of halogens is 1. The van der Waals surface area contributed by atoms with Crippen LogP contribution in [0.15, 0.2) is 42.5 Å². The average Bonchev–Trinajstić information content (AvgIpc) is 2.90. The number of nitrogen functional groups attached to an aromatic ring is 1. The Balaban J connectivity index is 1.89. The van der Waals surface area contributed by atoms with E-state index in [0.717, 1.165) is 41.7 Å². The lowest BCUT2D eigenvalue weighted by Crippen LogP contribution is -2.13. The van der Waals surface area contributed by atoms with Gasteiger partial charge in [0.25, 0.3) is 0 Å². The lowest BCUT2D eigenvalue weighted by atomic mass is 9.97. The minimum atomic E-state index is 0.470. The Morgan fingerprint density at radius 1 is 1.19 bits per heavy atom. The molecule has 0 saturated carbocycles. The van der Waals surface area contributed by atoms with Crippen LogP contribution in [0.3, 0.4) is 0 Å². The van der Waals surface area contributed by atoms with Crippen molar-refractivity contribution >= 4 is 17.3 Å². The summed E-state index contributed by atoms with van der Waals surface area (Å²) in [6.45, 7) is 2.15. The molecule has 4 heteroatoms. The van der Waals surface area contributed by atoms with Crippen LogP contribution in [0.5, 0.6) is 11.5 Å². The van der Waals surface area contributed by atoms with Gasteiger partial charge in [0, 0.05) is 28.7 Å². The molecule has 0 aromatic heterocycles. The fraction of sp³-hybridized carbons (Fsp3) is 0.294. The Bertz CT molecular complexity index is 627. The second kappa shape index (κ2) is 5.96. The van der Waals surface area contributed by atoms with E-state index in [4.69, 9.17) is 22.1 Å². The van der Waals surface area contributed by atoms with Gasteiger partial charge in [0.15, 0.2) is 0 Å². The number of likely N-dealkylation sites (N-methyl/N-ethyl adjacent to an activating group) is 1. The molecular formula is C17H19ClN2O. The quantitative estimate of drug-likeness (QED) is 0.866. The molecule has 2 N–H and O–H groups in total. The van der Waals surface area contributed by atoms with Crippen molar-refractivity contribution in [2.45, 2.75) is 12.3 Å². The number of rotatable bonds is 3. The van der Waals surface area contributed by atoms with Gasteiger partial charge in [-0.3, -0.25) is 0 Å². The van der Waals surface area contributed by atoms with Crippen molar-refractivity contribution in [2.24, 2.45) is 0 Å². The first-order chi connectivity index (χ1) is 10.1. The maximum atomic E-state index is 6.17. The van der Waals surface area contributed by atoms with Crippen LogP contribution < -0.4 is 10.5 Å². The Morgan fingerprint density at radius 2 is 1.95 bits per heavy atom. The van der Waals surface area contributed by atoms with Crippen LogP contribution in [-0.4, -0.2) is 25.0 Å². The number of ether oxygens (including phenoxy) is 1. The molecule has 110 valence electrons. The molecule has 0 aliphatic carbocycles. The van der Waals surface area contributed by atoms with Gasteiger partial charge in [-0.25, -0.2) is 0 Å². The van der Waals surface area contributed by atoms with Crippen LogP contribution >= 0.6 is 11.6 Å². The molecule has 1 atom stereocenters. The van der Waals surface area contributed by atoms with Gasteiger partial charge in [-0.2, -0.15) is 0 Å². The van der Waals surface area contributed by atoms with Crippen LogP contribution in [0.25, 0.3) is 0 Å². The second-order valence-corrected chi connectivity index (χ2v) is 6.04. The van der Waals surface area contributed by atoms with E-state index in [0.29, 0.717) is 5.92 Å². The molecule has 3 nitrogen and oxygen atoms in total. The second-order valence-electron chi connectivity index (χ2n) is 5.60. The molecule has 1 aliphatic rings. The molecule has 1 fully saturated rings. The van der Waals surface area contributed by atoms with E-state index in [1.54, 1.807) is 0 Å². The molecule has 2 aromatic carbocycles. The summed E-state index contributed by atoms with van der Waals surface area (Å²) in [7, 11) is 2.14. The third-order valence-corrected chi connectivity index (χ3v) is 4.15. The number of hydrogen-bond donors (Lipinski definition) is 1. The van der Waals surface area contributed by atoms with Gasteiger partial charge in [-0.15, -0.1) is 0 Å². The molecule has 1 aliphatic heterocycles. The molecule has 21 heavy (non-hydrogen) atoms. The van der Waals surface area contributed by atoms with E-state index in [1.807, 2.05) is 42.5 Å². The lowest BCUT2D eigenvalue weighted by molar-refractivity contribution is 0.408. The van der Waals surface area contributed by atoms with E-state index in [1.165, 1.54) is 5.56 Å². The predicted molar refractivity (Wildman–Crippen MR) is 87.2 cm³/mol. The van der Waals surface area contributed by atoms with E-state index < -0.39 is 0 Å². The smallest absolute Gasteiger partial charge is 0.131 e. The molecule has 0 bridgehead atoms. The zero-order chi connectivity index (χ0) is 14.8. The van der Waals surface area contributed by atoms with Gasteiger partial charge < -0.3 is 15.4 Å². The largest absolute Gasteiger partial charge is 0.457 e. The molecular weight excluding hydrogens is 284 g/mol. The summed E-state index contributed by atoms with van der Waals surface area (Å²) in [5, 5.41) is 0.754. The molecule has 2 aromatic rings. The van der Waals surface area contributed by atoms with Crippen molar-refractivity contribution in [3.63, 3.8) is 0 Å². The van der Waals surface area contributed by atoms with Crippen LogP contribution in [0.1, 0.15) is 17.9 Å². The minimum Gasteiger partial charge on any atom is -0.457 e. The van der Waals surface area contributed by atoms with Gasteiger partial charge in [0.2, 0.25) is 0 Å². The van der Waals surface area contributed by atoms with Crippen molar-refractivity contribution < 1.29 is 4.74 Å². The number of anilines is 1. The van der Waals surface area contributed by atoms with Gasteiger partial charge in [-0.05, 0) is 62.5 Å².